The van der Waals surface area contributed by atoms with Crippen LogP contribution in [-0.2, 0) is 14.4 Å². The molecule has 1 heterocycles. The Morgan fingerprint density at radius 2 is 1.67 bits per heavy atom. The SMILES string of the molecule is COc1cc2c(Oc3ccc(NC(=O)C4(C(=O)Nc5cccc(Cl)c5)CC4)cc3F)ccnc2cc1OCCCCCC(=O)O.[H-].[Li+]. The molecule has 1 fully saturated rings. The van der Waals surface area contributed by atoms with Crippen LogP contribution in [0.15, 0.2) is 66.9 Å². The Balaban J connectivity index is 0.00000300. The molecule has 10 nitrogen and oxygen atoms in total. The smallest absolute Gasteiger partial charge is 1.00 e. The van der Waals surface area contributed by atoms with Crippen LogP contribution in [0.1, 0.15) is 40.0 Å². The fourth-order valence-electron chi connectivity index (χ4n) is 4.76. The Labute approximate surface area is 283 Å². The van der Waals surface area contributed by atoms with Gasteiger partial charge in [0.15, 0.2) is 23.1 Å². The van der Waals surface area contributed by atoms with E-state index < -0.39 is 29.0 Å². The average molecular weight is 644 g/mol. The number of fused-ring (bicyclic) bond motifs is 1. The average Bonchev–Trinajstić information content (AvgIpc) is 3.82. The Morgan fingerprint density at radius 3 is 2.33 bits per heavy atom. The molecule has 5 rings (SSSR count). The van der Waals surface area contributed by atoms with Crippen molar-refractivity contribution in [1.82, 2.24) is 4.98 Å². The van der Waals surface area contributed by atoms with E-state index >= 15 is 4.39 Å². The molecule has 13 heteroatoms. The molecule has 1 saturated carbocycles. The standard InChI is InChI=1S/C33H31ClFN3O7.Li.H/c1-43-28-18-23-25(19-29(28)44-15-4-2-3-8-30(39)40)36-14-11-26(23)45-27-10-9-22(17-24(27)35)38-32(42)33(12-13-33)31(41)37-21-7-5-6-20(34)16-21;;/h5-7,9-11,14,16-19H,2-4,8,12-13,15H2,1H3,(H,37,41)(H,38,42)(H,39,40);;/q;+1;-1. The van der Waals surface area contributed by atoms with Crippen LogP contribution in [0, 0.1) is 11.2 Å². The van der Waals surface area contributed by atoms with E-state index in [1.54, 1.807) is 42.5 Å². The summed E-state index contributed by atoms with van der Waals surface area (Å²) in [5.41, 5.74) is -0.0534. The van der Waals surface area contributed by atoms with Crippen LogP contribution in [0.25, 0.3) is 10.9 Å². The summed E-state index contributed by atoms with van der Waals surface area (Å²) in [7, 11) is 1.50. The minimum absolute atomic E-state index is 0. The van der Waals surface area contributed by atoms with Gasteiger partial charge in [-0.2, -0.15) is 0 Å². The zero-order valence-electron chi connectivity index (χ0n) is 26.4. The largest absolute Gasteiger partial charge is 1.00 e. The molecule has 0 saturated heterocycles. The van der Waals surface area contributed by atoms with E-state index in [-0.39, 0.29) is 38.1 Å². The van der Waals surface area contributed by atoms with Crippen LogP contribution in [0.3, 0.4) is 0 Å². The van der Waals surface area contributed by atoms with Gasteiger partial charge in [-0.05, 0) is 74.6 Å². The number of hydrogen-bond acceptors (Lipinski definition) is 7. The van der Waals surface area contributed by atoms with Crippen molar-refractivity contribution < 1.29 is 58.4 Å². The second kappa shape index (κ2) is 15.3. The Hall–Kier alpha value is -4.30. The van der Waals surface area contributed by atoms with E-state index in [0.29, 0.717) is 77.6 Å². The molecule has 2 amide bonds. The van der Waals surface area contributed by atoms with E-state index in [1.165, 1.54) is 25.4 Å². The number of anilines is 2. The summed E-state index contributed by atoms with van der Waals surface area (Å²) >= 11 is 5.99. The van der Waals surface area contributed by atoms with Crippen molar-refractivity contribution in [3.8, 4) is 23.0 Å². The summed E-state index contributed by atoms with van der Waals surface area (Å²) in [6, 6.07) is 15.6. The molecule has 0 atom stereocenters. The first-order valence-corrected chi connectivity index (χ1v) is 14.7. The maximum atomic E-state index is 15.2. The number of carbonyl (C=O) groups excluding carboxylic acids is 2. The maximum Gasteiger partial charge on any atom is 1.00 e. The van der Waals surface area contributed by atoms with Crippen molar-refractivity contribution in [1.29, 1.82) is 0 Å². The number of aliphatic carboxylic acids is 1. The van der Waals surface area contributed by atoms with Crippen molar-refractivity contribution in [2.24, 2.45) is 5.41 Å². The molecule has 3 aromatic carbocycles. The predicted molar refractivity (Wildman–Crippen MR) is 168 cm³/mol. The fraction of sp³-hybridized carbons (Fsp3) is 0.273. The van der Waals surface area contributed by atoms with Crippen molar-refractivity contribution in [3.63, 3.8) is 0 Å². The van der Waals surface area contributed by atoms with Crippen molar-refractivity contribution in [3.05, 3.63) is 77.7 Å². The zero-order chi connectivity index (χ0) is 32.0. The number of nitrogens with zero attached hydrogens (tertiary/aromatic N) is 1. The molecule has 0 aliphatic heterocycles. The third-order valence-electron chi connectivity index (χ3n) is 7.39. The molecule has 1 aliphatic rings. The van der Waals surface area contributed by atoms with Crippen molar-refractivity contribution in [2.45, 2.75) is 38.5 Å². The number of amides is 2. The van der Waals surface area contributed by atoms with E-state index in [9.17, 15) is 14.4 Å². The number of hydrogen-bond donors (Lipinski definition) is 3. The topological polar surface area (TPSA) is 136 Å². The number of carboxylic acids is 1. The number of ether oxygens (including phenoxy) is 3. The van der Waals surface area contributed by atoms with Gasteiger partial charge in [0.2, 0.25) is 11.8 Å². The molecule has 0 bridgehead atoms. The maximum absolute atomic E-state index is 15.2. The summed E-state index contributed by atoms with van der Waals surface area (Å²) < 4.78 is 32.5. The summed E-state index contributed by atoms with van der Waals surface area (Å²) in [6.45, 7) is 0.374. The van der Waals surface area contributed by atoms with Gasteiger partial charge in [-0.1, -0.05) is 17.7 Å². The molecule has 46 heavy (non-hydrogen) atoms. The summed E-state index contributed by atoms with van der Waals surface area (Å²) in [6.07, 6.45) is 4.35. The quantitative estimate of drug-likeness (QED) is 0.105. The van der Waals surface area contributed by atoms with Gasteiger partial charge in [0.1, 0.15) is 11.2 Å². The van der Waals surface area contributed by atoms with Gasteiger partial charge < -0.3 is 31.4 Å². The number of pyridine rings is 1. The van der Waals surface area contributed by atoms with Gasteiger partial charge in [0.25, 0.3) is 0 Å². The van der Waals surface area contributed by atoms with Crippen LogP contribution in [-0.4, -0.2) is 41.6 Å². The molecule has 0 unspecified atom stereocenters. The number of rotatable bonds is 14. The van der Waals surface area contributed by atoms with Crippen LogP contribution in [0.5, 0.6) is 23.0 Å². The first kappa shape index (κ1) is 34.6. The Morgan fingerprint density at radius 1 is 0.935 bits per heavy atom. The summed E-state index contributed by atoms with van der Waals surface area (Å²) in [5, 5.41) is 15.2. The van der Waals surface area contributed by atoms with Crippen LogP contribution < -0.4 is 43.7 Å². The number of methoxy groups -OCH3 is 1. The van der Waals surface area contributed by atoms with Crippen LogP contribution >= 0.6 is 11.6 Å². The number of carbonyl (C=O) groups is 3. The number of halogens is 2. The van der Waals surface area contributed by atoms with Gasteiger partial charge >= 0.3 is 24.8 Å². The number of unbranched alkanes of at least 4 members (excludes halogenated alkanes) is 2. The Bertz CT molecular complexity index is 1760. The van der Waals surface area contributed by atoms with Gasteiger partial charge in [0.05, 0.1) is 19.2 Å². The second-order valence-electron chi connectivity index (χ2n) is 10.6. The number of carboxylic acid groups (broad SMARTS) is 1. The van der Waals surface area contributed by atoms with Crippen molar-refractivity contribution >= 4 is 51.7 Å². The first-order valence-electron chi connectivity index (χ1n) is 14.4. The van der Waals surface area contributed by atoms with Gasteiger partial charge in [-0.3, -0.25) is 19.4 Å². The molecule has 1 aliphatic carbocycles. The van der Waals surface area contributed by atoms with Gasteiger partial charge in [-0.15, -0.1) is 0 Å². The second-order valence-corrected chi connectivity index (χ2v) is 11.1. The molecule has 1 aromatic heterocycles. The fourth-order valence-corrected chi connectivity index (χ4v) is 4.95. The van der Waals surface area contributed by atoms with E-state index in [2.05, 4.69) is 15.6 Å². The number of nitrogens with one attached hydrogen (secondary N) is 2. The Kier molecular flexibility index (Phi) is 11.5. The zero-order valence-corrected chi connectivity index (χ0v) is 26.2. The number of aromatic nitrogens is 1. The third-order valence-corrected chi connectivity index (χ3v) is 7.63. The van der Waals surface area contributed by atoms with Gasteiger partial charge in [0, 0.05) is 46.5 Å². The molecular weight excluding hydrogens is 612 g/mol. The first-order chi connectivity index (χ1) is 21.7. The summed E-state index contributed by atoms with van der Waals surface area (Å²) in [4.78, 5) is 41.0. The van der Waals surface area contributed by atoms with E-state index in [1.807, 2.05) is 0 Å². The van der Waals surface area contributed by atoms with Crippen LogP contribution in [0.2, 0.25) is 5.02 Å². The van der Waals surface area contributed by atoms with E-state index in [0.717, 1.165) is 6.07 Å². The van der Waals surface area contributed by atoms with Crippen LogP contribution in [0.4, 0.5) is 15.8 Å². The molecule has 0 spiro atoms. The summed E-state index contributed by atoms with van der Waals surface area (Å²) in [5.74, 6) is -1.39. The predicted octanol–water partition coefficient (Wildman–Crippen LogP) is 4.33. The molecule has 3 N–H and O–H groups in total. The third kappa shape index (κ3) is 8.29. The minimum atomic E-state index is -1.24. The molecule has 4 aromatic rings. The van der Waals surface area contributed by atoms with E-state index in [4.69, 9.17) is 30.9 Å². The van der Waals surface area contributed by atoms with Crippen molar-refractivity contribution in [2.75, 3.05) is 24.4 Å². The molecule has 0 radical (unpaired) electrons. The minimum Gasteiger partial charge on any atom is -1.00 e. The number of benzene rings is 3. The molecular formula is C33H32ClFLiN3O7. The van der Waals surface area contributed by atoms with Gasteiger partial charge in [-0.25, -0.2) is 4.39 Å². The normalized spacial score (nSPS) is 12.8. The monoisotopic (exact) mass is 643 g/mol. The molecule has 236 valence electrons.